The minimum Gasteiger partial charge on any atom is -0.391 e. The lowest BCUT2D eigenvalue weighted by Crippen LogP contribution is -2.04. The molecule has 0 aliphatic rings. The number of benzene rings is 1. The molecule has 0 atom stereocenters. The van der Waals surface area contributed by atoms with Gasteiger partial charge in [-0.3, -0.25) is 4.79 Å². The summed E-state index contributed by atoms with van der Waals surface area (Å²) in [6, 6.07) is 6.85. The number of anilines is 1. The monoisotopic (exact) mass is 210 g/mol. The number of hydrogen-bond acceptors (Lipinski definition) is 3. The van der Waals surface area contributed by atoms with Gasteiger partial charge in [0, 0.05) is 10.6 Å². The van der Waals surface area contributed by atoms with Gasteiger partial charge < -0.3 is 10.3 Å². The first-order valence-electron chi connectivity index (χ1n) is 3.91. The highest BCUT2D eigenvalue weighted by atomic mass is 35.5. The number of H-pyrrole nitrogens is 1. The summed E-state index contributed by atoms with van der Waals surface area (Å²) in [4.78, 5) is 11.0. The third-order valence-corrected chi connectivity index (χ3v) is 2.09. The number of nitrogens with two attached hydrogens (primary N) is 1. The van der Waals surface area contributed by atoms with Crippen LogP contribution in [0.3, 0.4) is 0 Å². The van der Waals surface area contributed by atoms with Crippen molar-refractivity contribution in [3.05, 3.63) is 39.6 Å². The summed E-state index contributed by atoms with van der Waals surface area (Å²) in [7, 11) is 0. The quantitative estimate of drug-likeness (QED) is 0.755. The van der Waals surface area contributed by atoms with Crippen molar-refractivity contribution in [1.29, 1.82) is 0 Å². The molecule has 5 heteroatoms. The van der Waals surface area contributed by atoms with Gasteiger partial charge in [0.05, 0.1) is 0 Å². The van der Waals surface area contributed by atoms with E-state index in [4.69, 9.17) is 21.9 Å². The van der Waals surface area contributed by atoms with Crippen LogP contribution in [0, 0.1) is 0 Å². The first kappa shape index (κ1) is 8.90. The van der Waals surface area contributed by atoms with Crippen LogP contribution >= 0.6 is 11.6 Å². The maximum absolute atomic E-state index is 11.0. The zero-order valence-corrected chi connectivity index (χ0v) is 7.84. The lowest BCUT2D eigenvalue weighted by atomic mass is 10.1. The Morgan fingerprint density at radius 3 is 2.43 bits per heavy atom. The number of rotatable bonds is 1. The molecular formula is C9H7ClN2O2. The molecule has 0 fully saturated rings. The van der Waals surface area contributed by atoms with E-state index in [1.54, 1.807) is 24.3 Å². The van der Waals surface area contributed by atoms with Gasteiger partial charge in [0.25, 0.3) is 0 Å². The average Bonchev–Trinajstić information content (AvgIpc) is 2.50. The molecule has 1 aromatic heterocycles. The Labute approximate surface area is 84.3 Å². The van der Waals surface area contributed by atoms with Crippen molar-refractivity contribution in [2.45, 2.75) is 0 Å². The third kappa shape index (κ3) is 1.40. The van der Waals surface area contributed by atoms with Gasteiger partial charge in [-0.1, -0.05) is 11.6 Å². The molecule has 0 radical (unpaired) electrons. The Balaban J connectivity index is 2.55. The molecule has 0 aliphatic heterocycles. The van der Waals surface area contributed by atoms with Crippen LogP contribution < -0.4 is 11.3 Å². The lowest BCUT2D eigenvalue weighted by molar-refractivity contribution is 0.426. The van der Waals surface area contributed by atoms with Gasteiger partial charge >= 0.3 is 5.56 Å². The lowest BCUT2D eigenvalue weighted by Gasteiger charge is -1.96. The second-order valence-electron chi connectivity index (χ2n) is 2.78. The molecule has 0 bridgehead atoms. The molecule has 1 aromatic carbocycles. The fraction of sp³-hybridized carbons (Fsp3) is 0. The van der Waals surface area contributed by atoms with Gasteiger partial charge in [0.2, 0.25) is 0 Å². The fourth-order valence-electron chi connectivity index (χ4n) is 1.13. The van der Waals surface area contributed by atoms with Crippen molar-refractivity contribution < 1.29 is 4.52 Å². The minimum absolute atomic E-state index is 0.0762. The van der Waals surface area contributed by atoms with E-state index in [1.165, 1.54) is 0 Å². The van der Waals surface area contributed by atoms with Gasteiger partial charge in [-0.15, -0.1) is 0 Å². The average molecular weight is 211 g/mol. The molecule has 1 heterocycles. The molecule has 2 aromatic rings. The molecule has 72 valence electrons. The first-order valence-corrected chi connectivity index (χ1v) is 4.29. The topological polar surface area (TPSA) is 72.0 Å². The Morgan fingerprint density at radius 2 is 1.93 bits per heavy atom. The number of aromatic amines is 1. The Morgan fingerprint density at radius 1 is 1.29 bits per heavy atom. The summed E-state index contributed by atoms with van der Waals surface area (Å²) in [6.45, 7) is 0. The summed E-state index contributed by atoms with van der Waals surface area (Å²) >= 11 is 5.71. The molecule has 0 unspecified atom stereocenters. The fourth-order valence-corrected chi connectivity index (χ4v) is 1.25. The Bertz CT molecular complexity index is 498. The van der Waals surface area contributed by atoms with Crippen LogP contribution in [0.2, 0.25) is 5.02 Å². The Kier molecular flexibility index (Phi) is 2.05. The van der Waals surface area contributed by atoms with Crippen LogP contribution in [-0.2, 0) is 0 Å². The van der Waals surface area contributed by atoms with Crippen molar-refractivity contribution in [2.75, 3.05) is 5.73 Å². The second kappa shape index (κ2) is 3.23. The standard InChI is InChI=1S/C9H7ClN2O2/c10-6-3-1-5(2-4-6)8-7(11)9(13)12-14-8/h1-4H,11H2,(H,12,13). The van der Waals surface area contributed by atoms with Crippen LogP contribution in [0.1, 0.15) is 0 Å². The van der Waals surface area contributed by atoms with E-state index in [2.05, 4.69) is 5.16 Å². The maximum atomic E-state index is 11.0. The molecule has 0 saturated carbocycles. The van der Waals surface area contributed by atoms with Gasteiger partial charge in [0.15, 0.2) is 5.76 Å². The normalized spacial score (nSPS) is 10.4. The zero-order valence-electron chi connectivity index (χ0n) is 7.08. The molecule has 2 rings (SSSR count). The summed E-state index contributed by atoms with van der Waals surface area (Å²) in [6.07, 6.45) is 0. The van der Waals surface area contributed by atoms with Crippen molar-refractivity contribution in [3.63, 3.8) is 0 Å². The first-order chi connectivity index (χ1) is 6.68. The van der Waals surface area contributed by atoms with Crippen LogP contribution in [-0.4, -0.2) is 5.16 Å². The largest absolute Gasteiger partial charge is 0.391 e. The molecule has 0 spiro atoms. The summed E-state index contributed by atoms with van der Waals surface area (Å²) in [5, 5.41) is 2.78. The molecule has 3 N–H and O–H groups in total. The molecule has 4 nitrogen and oxygen atoms in total. The van der Waals surface area contributed by atoms with E-state index in [-0.39, 0.29) is 5.69 Å². The highest BCUT2D eigenvalue weighted by molar-refractivity contribution is 6.30. The van der Waals surface area contributed by atoms with E-state index >= 15 is 0 Å². The number of nitrogens with one attached hydrogen (secondary N) is 1. The highest BCUT2D eigenvalue weighted by Crippen LogP contribution is 2.23. The van der Waals surface area contributed by atoms with Crippen molar-refractivity contribution in [2.24, 2.45) is 0 Å². The summed E-state index contributed by atoms with van der Waals surface area (Å²) in [5.74, 6) is 0.340. The number of nitrogen functional groups attached to an aromatic ring is 1. The molecular weight excluding hydrogens is 204 g/mol. The molecule has 0 saturated heterocycles. The van der Waals surface area contributed by atoms with Crippen molar-refractivity contribution >= 4 is 17.3 Å². The van der Waals surface area contributed by atoms with E-state index in [9.17, 15) is 4.79 Å². The van der Waals surface area contributed by atoms with E-state index in [0.717, 1.165) is 0 Å². The zero-order chi connectivity index (χ0) is 10.1. The van der Waals surface area contributed by atoms with Crippen LogP contribution in [0.15, 0.2) is 33.6 Å². The smallest absolute Gasteiger partial charge is 0.303 e. The predicted molar refractivity (Wildman–Crippen MR) is 54.2 cm³/mol. The van der Waals surface area contributed by atoms with E-state index < -0.39 is 5.56 Å². The van der Waals surface area contributed by atoms with Gasteiger partial charge in [-0.25, -0.2) is 0 Å². The minimum atomic E-state index is -0.421. The van der Waals surface area contributed by atoms with Gasteiger partial charge in [-0.05, 0) is 24.3 Å². The predicted octanol–water partition coefficient (Wildman–Crippen LogP) is 1.87. The second-order valence-corrected chi connectivity index (χ2v) is 3.22. The third-order valence-electron chi connectivity index (χ3n) is 1.84. The number of hydrogen-bond donors (Lipinski definition) is 2. The summed E-state index contributed by atoms with van der Waals surface area (Å²) in [5.41, 5.74) is 5.87. The van der Waals surface area contributed by atoms with Crippen molar-refractivity contribution in [3.8, 4) is 11.3 Å². The van der Waals surface area contributed by atoms with Crippen LogP contribution in [0.25, 0.3) is 11.3 Å². The van der Waals surface area contributed by atoms with E-state index in [0.29, 0.717) is 16.3 Å². The van der Waals surface area contributed by atoms with Crippen LogP contribution in [0.4, 0.5) is 5.69 Å². The molecule has 0 aliphatic carbocycles. The number of aromatic nitrogens is 1. The molecule has 0 amide bonds. The summed E-state index contributed by atoms with van der Waals surface area (Å²) < 4.78 is 4.92. The number of halogens is 1. The highest BCUT2D eigenvalue weighted by Gasteiger charge is 2.10. The van der Waals surface area contributed by atoms with Crippen LogP contribution in [0.5, 0.6) is 0 Å². The van der Waals surface area contributed by atoms with Gasteiger partial charge in [-0.2, -0.15) is 5.16 Å². The molecule has 14 heavy (non-hydrogen) atoms. The van der Waals surface area contributed by atoms with Gasteiger partial charge in [0.1, 0.15) is 5.69 Å². The maximum Gasteiger partial charge on any atom is 0.303 e. The Hall–Kier alpha value is -1.68. The SMILES string of the molecule is Nc1c(-c2ccc(Cl)cc2)o[nH]c1=O. The van der Waals surface area contributed by atoms with E-state index in [1.807, 2.05) is 0 Å². The van der Waals surface area contributed by atoms with Crippen molar-refractivity contribution in [1.82, 2.24) is 5.16 Å².